The Bertz CT molecular complexity index is 1070. The molecule has 1 aliphatic heterocycles. The van der Waals surface area contributed by atoms with E-state index in [0.717, 1.165) is 28.8 Å². The zero-order valence-electron chi connectivity index (χ0n) is 18.5. The molecule has 2 aromatic carbocycles. The minimum atomic E-state index is -0.877. The molecule has 0 saturated carbocycles. The number of esters is 1. The molecular weight excluding hydrogens is 418 g/mol. The fourth-order valence-electron chi connectivity index (χ4n) is 3.76. The third kappa shape index (κ3) is 4.74. The summed E-state index contributed by atoms with van der Waals surface area (Å²) in [5.74, 6) is -2.40. The first-order valence-corrected chi connectivity index (χ1v) is 10.4. The van der Waals surface area contributed by atoms with Gasteiger partial charge in [-0.2, -0.15) is 0 Å². The van der Waals surface area contributed by atoms with E-state index in [2.05, 4.69) is 5.32 Å². The van der Waals surface area contributed by atoms with Crippen molar-refractivity contribution in [2.45, 2.75) is 33.7 Å². The molecule has 1 heterocycles. The molecule has 0 aliphatic carbocycles. The monoisotopic (exact) mass is 444 g/mol. The molecule has 170 valence electrons. The molecule has 0 spiro atoms. The maximum Gasteiger partial charge on any atom is 0.338 e. The maximum atomic E-state index is 14.1. The van der Waals surface area contributed by atoms with Crippen molar-refractivity contribution in [3.63, 3.8) is 0 Å². The lowest BCUT2D eigenvalue weighted by Gasteiger charge is -2.36. The minimum Gasteiger partial charge on any atom is -0.484 e. The molecule has 0 radical (unpaired) electrons. The van der Waals surface area contributed by atoms with Crippen LogP contribution in [-0.4, -0.2) is 36.7 Å². The van der Waals surface area contributed by atoms with Gasteiger partial charge in [-0.25, -0.2) is 18.4 Å². The number of hydrogen-bond acceptors (Lipinski definition) is 4. The van der Waals surface area contributed by atoms with Gasteiger partial charge in [-0.15, -0.1) is 0 Å². The van der Waals surface area contributed by atoms with Gasteiger partial charge in [-0.1, -0.05) is 23.8 Å². The Balaban J connectivity index is 2.11. The summed E-state index contributed by atoms with van der Waals surface area (Å²) in [4.78, 5) is 27.3. The highest BCUT2D eigenvalue weighted by Gasteiger charge is 2.38. The van der Waals surface area contributed by atoms with Gasteiger partial charge >= 0.3 is 12.0 Å². The summed E-state index contributed by atoms with van der Waals surface area (Å²) in [7, 11) is 0. The van der Waals surface area contributed by atoms with Gasteiger partial charge in [0.2, 0.25) is 0 Å². The van der Waals surface area contributed by atoms with Crippen molar-refractivity contribution in [3.8, 4) is 5.75 Å². The highest BCUT2D eigenvalue weighted by Crippen LogP contribution is 2.34. The Kier molecular flexibility index (Phi) is 7.12. The fourth-order valence-corrected chi connectivity index (χ4v) is 3.76. The lowest BCUT2D eigenvalue weighted by Crippen LogP contribution is -2.49. The van der Waals surface area contributed by atoms with Crippen molar-refractivity contribution >= 4 is 12.0 Å². The summed E-state index contributed by atoms with van der Waals surface area (Å²) in [5.41, 5.74) is 3.16. The number of rotatable bonds is 7. The summed E-state index contributed by atoms with van der Waals surface area (Å²) in [6.45, 7) is 7.40. The molecule has 0 fully saturated rings. The molecule has 0 aromatic heterocycles. The Morgan fingerprint density at radius 1 is 1.12 bits per heavy atom. The van der Waals surface area contributed by atoms with Gasteiger partial charge in [0.15, 0.2) is 11.6 Å². The summed E-state index contributed by atoms with van der Waals surface area (Å²) in [6, 6.07) is 7.48. The number of carbonyl (C=O) groups excluding carboxylic acids is 2. The van der Waals surface area contributed by atoms with Crippen molar-refractivity contribution < 1.29 is 27.8 Å². The summed E-state index contributed by atoms with van der Waals surface area (Å²) in [6.07, 6.45) is 0. The van der Waals surface area contributed by atoms with Gasteiger partial charge in [0, 0.05) is 12.6 Å². The number of likely N-dealkylation sites (N-methyl/N-ethyl adjacent to an activating group) is 1. The maximum absolute atomic E-state index is 14.1. The molecule has 8 heteroatoms. The van der Waals surface area contributed by atoms with Gasteiger partial charge in [-0.3, -0.25) is 4.90 Å². The summed E-state index contributed by atoms with van der Waals surface area (Å²) < 4.78 is 38.2. The number of halogens is 2. The number of nitrogens with one attached hydrogen (secondary N) is 1. The molecule has 0 unspecified atom stereocenters. The molecular formula is C24H26F2N2O4. The smallest absolute Gasteiger partial charge is 0.338 e. The molecule has 2 aromatic rings. The predicted octanol–water partition coefficient (Wildman–Crippen LogP) is 4.56. The van der Waals surface area contributed by atoms with Gasteiger partial charge < -0.3 is 14.8 Å². The SMILES string of the molecule is CCOC(=O)C1=C(COc2ccc(F)cc2F)N(CC)C(=O)N[C@H]1c1ccc(C)cc1C. The number of aryl methyl sites for hydroxylation is 2. The van der Waals surface area contributed by atoms with Crippen LogP contribution in [0.3, 0.4) is 0 Å². The predicted molar refractivity (Wildman–Crippen MR) is 115 cm³/mol. The zero-order chi connectivity index (χ0) is 23.4. The topological polar surface area (TPSA) is 67.9 Å². The van der Waals surface area contributed by atoms with E-state index in [1.807, 2.05) is 32.0 Å². The van der Waals surface area contributed by atoms with Crippen molar-refractivity contribution in [2.24, 2.45) is 0 Å². The lowest BCUT2D eigenvalue weighted by atomic mass is 9.91. The van der Waals surface area contributed by atoms with Crippen LogP contribution in [0.4, 0.5) is 13.6 Å². The van der Waals surface area contributed by atoms with Crippen LogP contribution in [-0.2, 0) is 9.53 Å². The molecule has 0 bridgehead atoms. The number of nitrogens with zero attached hydrogens (tertiary/aromatic N) is 1. The third-order valence-corrected chi connectivity index (χ3v) is 5.24. The van der Waals surface area contributed by atoms with Crippen LogP contribution in [0, 0.1) is 25.5 Å². The van der Waals surface area contributed by atoms with Crippen molar-refractivity contribution in [2.75, 3.05) is 19.8 Å². The first-order valence-electron chi connectivity index (χ1n) is 10.4. The first kappa shape index (κ1) is 23.2. The number of carbonyl (C=O) groups is 2. The molecule has 1 aliphatic rings. The fraction of sp³-hybridized carbons (Fsp3) is 0.333. The van der Waals surface area contributed by atoms with Crippen molar-refractivity contribution in [1.29, 1.82) is 0 Å². The van der Waals surface area contributed by atoms with Gasteiger partial charge in [0.1, 0.15) is 12.4 Å². The normalized spacial score (nSPS) is 16.1. The number of amides is 2. The van der Waals surface area contributed by atoms with Gasteiger partial charge in [0.25, 0.3) is 0 Å². The Morgan fingerprint density at radius 2 is 1.88 bits per heavy atom. The second kappa shape index (κ2) is 9.80. The quantitative estimate of drug-likeness (QED) is 0.636. The molecule has 1 N–H and O–H groups in total. The van der Waals surface area contributed by atoms with Crippen molar-refractivity contribution in [3.05, 3.63) is 76.0 Å². The highest BCUT2D eigenvalue weighted by molar-refractivity contribution is 5.95. The average Bonchev–Trinajstić information content (AvgIpc) is 2.73. The van der Waals surface area contributed by atoms with E-state index in [1.54, 1.807) is 13.8 Å². The van der Waals surface area contributed by atoms with Crippen LogP contribution in [0.5, 0.6) is 5.75 Å². The van der Waals surface area contributed by atoms with E-state index in [4.69, 9.17) is 9.47 Å². The van der Waals surface area contributed by atoms with Crippen LogP contribution in [0.2, 0.25) is 0 Å². The second-order valence-electron chi connectivity index (χ2n) is 7.43. The van der Waals surface area contributed by atoms with E-state index in [1.165, 1.54) is 4.90 Å². The molecule has 6 nitrogen and oxygen atoms in total. The van der Waals surface area contributed by atoms with Crippen molar-refractivity contribution in [1.82, 2.24) is 10.2 Å². The summed E-state index contributed by atoms with van der Waals surface area (Å²) in [5, 5.41) is 2.88. The van der Waals surface area contributed by atoms with E-state index in [9.17, 15) is 18.4 Å². The van der Waals surface area contributed by atoms with Crippen LogP contribution in [0.25, 0.3) is 0 Å². The van der Waals surface area contributed by atoms with Crippen LogP contribution >= 0.6 is 0 Å². The van der Waals surface area contributed by atoms with Crippen LogP contribution in [0.15, 0.2) is 47.7 Å². The average molecular weight is 444 g/mol. The molecule has 0 saturated heterocycles. The zero-order valence-corrected chi connectivity index (χ0v) is 18.5. The van der Waals surface area contributed by atoms with Gasteiger partial charge in [0.05, 0.1) is 23.9 Å². The molecule has 32 heavy (non-hydrogen) atoms. The van der Waals surface area contributed by atoms with E-state index >= 15 is 0 Å². The minimum absolute atomic E-state index is 0.142. The Hall–Kier alpha value is -3.42. The van der Waals surface area contributed by atoms with Crippen LogP contribution < -0.4 is 10.1 Å². The lowest BCUT2D eigenvalue weighted by molar-refractivity contribution is -0.139. The van der Waals surface area contributed by atoms with E-state index < -0.39 is 29.7 Å². The molecule has 3 rings (SSSR count). The first-order chi connectivity index (χ1) is 15.3. The Morgan fingerprint density at radius 3 is 2.50 bits per heavy atom. The summed E-state index contributed by atoms with van der Waals surface area (Å²) >= 11 is 0. The Labute approximate surface area is 185 Å². The third-order valence-electron chi connectivity index (χ3n) is 5.24. The van der Waals surface area contributed by atoms with Crippen LogP contribution in [0.1, 0.15) is 36.6 Å². The number of benzene rings is 2. The van der Waals surface area contributed by atoms with E-state index in [0.29, 0.717) is 6.07 Å². The number of urea groups is 1. The number of ether oxygens (including phenoxy) is 2. The molecule has 2 amide bonds. The van der Waals surface area contributed by atoms with E-state index in [-0.39, 0.29) is 36.8 Å². The number of hydrogen-bond donors (Lipinski definition) is 1. The van der Waals surface area contributed by atoms with Gasteiger partial charge in [-0.05, 0) is 51.0 Å². The largest absolute Gasteiger partial charge is 0.484 e. The standard InChI is InChI=1S/C24H26F2N2O4/c1-5-28-19(13-32-20-10-8-16(25)12-18(20)26)21(23(29)31-6-2)22(27-24(28)30)17-9-7-14(3)11-15(17)4/h7-12,22H,5-6,13H2,1-4H3,(H,27,30)/t22-/m0/s1. The molecule has 1 atom stereocenters. The second-order valence-corrected chi connectivity index (χ2v) is 7.43. The highest BCUT2D eigenvalue weighted by atomic mass is 19.1.